The Bertz CT molecular complexity index is 800. The zero-order valence-corrected chi connectivity index (χ0v) is 16.7. The Hall–Kier alpha value is -2.41. The van der Waals surface area contributed by atoms with Gasteiger partial charge in [-0.1, -0.05) is 23.4 Å². The third kappa shape index (κ3) is 4.04. The maximum atomic E-state index is 12.8. The lowest BCUT2D eigenvalue weighted by atomic mass is 10.1. The molecule has 0 atom stereocenters. The summed E-state index contributed by atoms with van der Waals surface area (Å²) in [6.07, 6.45) is 5.69. The number of benzene rings is 1. The summed E-state index contributed by atoms with van der Waals surface area (Å²) in [5.74, 6) is 0.961. The van der Waals surface area contributed by atoms with Crippen LogP contribution in [0, 0.1) is 13.8 Å². The van der Waals surface area contributed by atoms with Crippen molar-refractivity contribution in [1.29, 1.82) is 0 Å². The third-order valence-corrected chi connectivity index (χ3v) is 5.83. The number of carbonyl (C=O) groups excluding carboxylic acids is 1. The Morgan fingerprint density at radius 3 is 2.46 bits per heavy atom. The first-order chi connectivity index (χ1) is 13.6. The number of likely N-dealkylation sites (tertiary alicyclic amines) is 1. The first-order valence-corrected chi connectivity index (χ1v) is 10.3. The number of hydrogen-bond donors (Lipinski definition) is 1. The van der Waals surface area contributed by atoms with Crippen molar-refractivity contribution in [1.82, 2.24) is 25.2 Å². The summed E-state index contributed by atoms with van der Waals surface area (Å²) in [5, 5.41) is 11.7. The van der Waals surface area contributed by atoms with E-state index in [0.29, 0.717) is 24.8 Å². The van der Waals surface area contributed by atoms with E-state index in [2.05, 4.69) is 47.7 Å². The second-order valence-corrected chi connectivity index (χ2v) is 7.90. The summed E-state index contributed by atoms with van der Waals surface area (Å²) in [6.45, 7) is 7.51. The molecule has 2 fully saturated rings. The Balaban J connectivity index is 1.33. The molecule has 0 unspecified atom stereocenters. The van der Waals surface area contributed by atoms with Crippen molar-refractivity contribution in [2.75, 3.05) is 26.2 Å². The molecule has 0 radical (unpaired) electrons. The molecule has 0 aliphatic carbocycles. The van der Waals surface area contributed by atoms with E-state index in [1.54, 1.807) is 0 Å². The SMILES string of the molecule is Cc1cccc(C)c1OC1CCN(C(=O)c2cn(C3CCNCC3)nn2)CC1. The number of hydrogen-bond acceptors (Lipinski definition) is 5. The topological polar surface area (TPSA) is 72.3 Å². The number of aryl methyl sites for hydroxylation is 2. The molecule has 1 N–H and O–H groups in total. The molecule has 1 aromatic heterocycles. The van der Waals surface area contributed by atoms with Crippen molar-refractivity contribution in [3.05, 3.63) is 41.2 Å². The summed E-state index contributed by atoms with van der Waals surface area (Å²) in [5.41, 5.74) is 2.77. The number of ether oxygens (including phenoxy) is 1. The van der Waals surface area contributed by atoms with Gasteiger partial charge in [0.1, 0.15) is 11.9 Å². The fourth-order valence-electron chi connectivity index (χ4n) is 4.11. The second-order valence-electron chi connectivity index (χ2n) is 7.90. The number of carbonyl (C=O) groups is 1. The van der Waals surface area contributed by atoms with Crippen molar-refractivity contribution in [2.45, 2.75) is 51.7 Å². The summed E-state index contributed by atoms with van der Waals surface area (Å²) < 4.78 is 8.12. The maximum absolute atomic E-state index is 12.8. The van der Waals surface area contributed by atoms with Crippen LogP contribution in [0.15, 0.2) is 24.4 Å². The van der Waals surface area contributed by atoms with Gasteiger partial charge in [0.15, 0.2) is 5.69 Å². The van der Waals surface area contributed by atoms with Gasteiger partial charge < -0.3 is 15.0 Å². The number of aromatic nitrogens is 3. The Morgan fingerprint density at radius 1 is 1.11 bits per heavy atom. The van der Waals surface area contributed by atoms with Crippen LogP contribution in [-0.2, 0) is 0 Å². The third-order valence-electron chi connectivity index (χ3n) is 5.83. The summed E-state index contributed by atoms with van der Waals surface area (Å²) in [6, 6.07) is 6.54. The lowest BCUT2D eigenvalue weighted by molar-refractivity contribution is 0.0587. The van der Waals surface area contributed by atoms with Crippen molar-refractivity contribution in [3.8, 4) is 5.75 Å². The second kappa shape index (κ2) is 8.31. The molecule has 2 saturated heterocycles. The van der Waals surface area contributed by atoms with E-state index in [0.717, 1.165) is 55.6 Å². The van der Waals surface area contributed by atoms with E-state index in [1.807, 2.05) is 15.8 Å². The quantitative estimate of drug-likeness (QED) is 0.878. The highest BCUT2D eigenvalue weighted by molar-refractivity contribution is 5.92. The van der Waals surface area contributed by atoms with E-state index < -0.39 is 0 Å². The molecule has 7 heteroatoms. The molecule has 2 aliphatic heterocycles. The monoisotopic (exact) mass is 383 g/mol. The number of piperidine rings is 2. The first-order valence-electron chi connectivity index (χ1n) is 10.3. The molecule has 0 spiro atoms. The van der Waals surface area contributed by atoms with Crippen LogP contribution in [0.3, 0.4) is 0 Å². The van der Waals surface area contributed by atoms with Gasteiger partial charge in [0, 0.05) is 25.9 Å². The van der Waals surface area contributed by atoms with Crippen molar-refractivity contribution in [3.63, 3.8) is 0 Å². The highest BCUT2D eigenvalue weighted by Gasteiger charge is 2.27. The number of para-hydroxylation sites is 1. The van der Waals surface area contributed by atoms with E-state index in [1.165, 1.54) is 0 Å². The molecular formula is C21H29N5O2. The maximum Gasteiger partial charge on any atom is 0.276 e. The average Bonchev–Trinajstić information content (AvgIpc) is 3.22. The number of amides is 1. The molecule has 150 valence electrons. The molecule has 3 heterocycles. The fourth-order valence-corrected chi connectivity index (χ4v) is 4.11. The van der Waals surface area contributed by atoms with Crippen molar-refractivity contribution >= 4 is 5.91 Å². The van der Waals surface area contributed by atoms with E-state index in [4.69, 9.17) is 4.74 Å². The molecule has 2 aliphatic rings. The van der Waals surface area contributed by atoms with E-state index in [9.17, 15) is 4.79 Å². The van der Waals surface area contributed by atoms with Gasteiger partial charge in [0.2, 0.25) is 0 Å². The van der Waals surface area contributed by atoms with Crippen LogP contribution in [0.5, 0.6) is 5.75 Å². The van der Waals surface area contributed by atoms with Crippen molar-refractivity contribution in [2.24, 2.45) is 0 Å². The summed E-state index contributed by atoms with van der Waals surface area (Å²) in [4.78, 5) is 14.7. The van der Waals surface area contributed by atoms with Gasteiger partial charge in [0.05, 0.1) is 12.2 Å². The van der Waals surface area contributed by atoms with Crippen molar-refractivity contribution < 1.29 is 9.53 Å². The predicted octanol–water partition coefficient (Wildman–Crippen LogP) is 2.50. The standard InChI is InChI=1S/C21H29N5O2/c1-15-4-3-5-16(2)20(15)28-18-8-12-25(13-9-18)21(27)19-14-26(24-23-19)17-6-10-22-11-7-17/h3-5,14,17-18,22H,6-13H2,1-2H3. The largest absolute Gasteiger partial charge is 0.490 e. The average molecular weight is 383 g/mol. The molecule has 4 rings (SSSR count). The Labute approximate surface area is 166 Å². The van der Waals surface area contributed by atoms with Gasteiger partial charge in [-0.3, -0.25) is 4.79 Å². The summed E-state index contributed by atoms with van der Waals surface area (Å²) >= 11 is 0. The zero-order chi connectivity index (χ0) is 19.5. The molecule has 7 nitrogen and oxygen atoms in total. The minimum atomic E-state index is -0.0225. The van der Waals surface area contributed by atoms with Gasteiger partial charge in [0.25, 0.3) is 5.91 Å². The molecular weight excluding hydrogens is 354 g/mol. The van der Waals surface area contributed by atoms with Crippen LogP contribution in [0.4, 0.5) is 0 Å². The molecule has 1 amide bonds. The molecule has 0 bridgehead atoms. The van der Waals surface area contributed by atoms with Crippen LogP contribution >= 0.6 is 0 Å². The van der Waals surface area contributed by atoms with Gasteiger partial charge in [-0.2, -0.15) is 0 Å². The number of rotatable bonds is 4. The minimum Gasteiger partial charge on any atom is -0.490 e. The first kappa shape index (κ1) is 18.9. The number of nitrogens with one attached hydrogen (secondary N) is 1. The molecule has 1 aromatic carbocycles. The van der Waals surface area contributed by atoms with Crippen LogP contribution < -0.4 is 10.1 Å². The van der Waals surface area contributed by atoms with Gasteiger partial charge >= 0.3 is 0 Å². The normalized spacial score (nSPS) is 19.0. The highest BCUT2D eigenvalue weighted by Crippen LogP contribution is 2.26. The van der Waals surface area contributed by atoms with Crippen LogP contribution in [-0.4, -0.2) is 58.1 Å². The Kier molecular flexibility index (Phi) is 5.62. The fraction of sp³-hybridized carbons (Fsp3) is 0.571. The van der Waals surface area contributed by atoms with Crippen LogP contribution in [0.25, 0.3) is 0 Å². The molecule has 0 saturated carbocycles. The molecule has 2 aromatic rings. The van der Waals surface area contributed by atoms with Crippen LogP contribution in [0.1, 0.15) is 53.3 Å². The lowest BCUT2D eigenvalue weighted by Gasteiger charge is -2.32. The van der Waals surface area contributed by atoms with E-state index >= 15 is 0 Å². The van der Waals surface area contributed by atoms with Gasteiger partial charge in [-0.05, 0) is 50.9 Å². The highest BCUT2D eigenvalue weighted by atomic mass is 16.5. The van der Waals surface area contributed by atoms with Gasteiger partial charge in [-0.25, -0.2) is 4.68 Å². The van der Waals surface area contributed by atoms with Gasteiger partial charge in [-0.15, -0.1) is 5.10 Å². The van der Waals surface area contributed by atoms with Crippen LogP contribution in [0.2, 0.25) is 0 Å². The minimum absolute atomic E-state index is 0.0225. The predicted molar refractivity (Wildman–Crippen MR) is 107 cm³/mol. The zero-order valence-electron chi connectivity index (χ0n) is 16.7. The lowest BCUT2D eigenvalue weighted by Crippen LogP contribution is -2.42. The number of nitrogens with zero attached hydrogens (tertiary/aromatic N) is 4. The molecule has 28 heavy (non-hydrogen) atoms. The van der Waals surface area contributed by atoms with E-state index in [-0.39, 0.29) is 12.0 Å². The summed E-state index contributed by atoms with van der Waals surface area (Å²) in [7, 11) is 0. The smallest absolute Gasteiger partial charge is 0.276 e. The Morgan fingerprint density at radius 2 is 1.79 bits per heavy atom.